The van der Waals surface area contributed by atoms with Gasteiger partial charge in [0.25, 0.3) is 5.91 Å². The number of morpholine rings is 1. The number of nitrogens with zero attached hydrogens (tertiary/aromatic N) is 1. The van der Waals surface area contributed by atoms with E-state index in [9.17, 15) is 4.79 Å². The lowest BCUT2D eigenvalue weighted by Crippen LogP contribution is -2.35. The predicted octanol–water partition coefficient (Wildman–Crippen LogP) is 1.31. The molecule has 0 bridgehead atoms. The van der Waals surface area contributed by atoms with Crippen LogP contribution in [0, 0.1) is 0 Å². The quantitative estimate of drug-likeness (QED) is 0.864. The van der Waals surface area contributed by atoms with Crippen LogP contribution in [-0.4, -0.2) is 38.8 Å². The van der Waals surface area contributed by atoms with Gasteiger partial charge >= 0.3 is 0 Å². The van der Waals surface area contributed by atoms with Gasteiger partial charge < -0.3 is 20.7 Å². The molecule has 3 N–H and O–H groups in total. The van der Waals surface area contributed by atoms with Crippen molar-refractivity contribution in [2.24, 2.45) is 0 Å². The van der Waals surface area contributed by atoms with Crippen LogP contribution in [0.5, 0.6) is 0 Å². The topological polar surface area (TPSA) is 67.6 Å². The van der Waals surface area contributed by atoms with Gasteiger partial charge in [-0.05, 0) is 12.5 Å². The maximum atomic E-state index is 11.9. The van der Waals surface area contributed by atoms with Crippen LogP contribution in [0.3, 0.4) is 0 Å². The number of nitrogens with one attached hydrogen (secondary N) is 1. The van der Waals surface area contributed by atoms with E-state index in [1.54, 1.807) is 0 Å². The smallest absolute Gasteiger partial charge is 0.263 e. The molecule has 0 spiro atoms. The molecular weight excluding hydrogens is 250 g/mol. The van der Waals surface area contributed by atoms with Crippen molar-refractivity contribution < 1.29 is 9.53 Å². The highest BCUT2D eigenvalue weighted by Crippen LogP contribution is 2.32. The Morgan fingerprint density at radius 3 is 2.94 bits per heavy atom. The van der Waals surface area contributed by atoms with E-state index in [0.29, 0.717) is 17.1 Å². The summed E-state index contributed by atoms with van der Waals surface area (Å²) in [6, 6.07) is 1.89. The molecule has 2 rings (SSSR count). The number of carbonyl (C=O) groups is 1. The molecule has 0 unspecified atom stereocenters. The fraction of sp³-hybridized carbons (Fsp3) is 0.583. The molecule has 1 aliphatic rings. The number of hydrogen-bond acceptors (Lipinski definition) is 5. The third-order valence-electron chi connectivity index (χ3n) is 2.81. The highest BCUT2D eigenvalue weighted by Gasteiger charge is 2.18. The number of amides is 1. The molecule has 18 heavy (non-hydrogen) atoms. The van der Waals surface area contributed by atoms with Crippen molar-refractivity contribution in [2.45, 2.75) is 13.3 Å². The standard InChI is InChI=1S/C12H19N3O2S/c1-2-3-14-12(16)11-9(13)8-10(18-11)15-4-6-17-7-5-15/h8H,2-7,13H2,1H3,(H,14,16). The molecule has 1 aliphatic heterocycles. The van der Waals surface area contributed by atoms with E-state index in [4.69, 9.17) is 10.5 Å². The Morgan fingerprint density at radius 1 is 1.56 bits per heavy atom. The van der Waals surface area contributed by atoms with Crippen LogP contribution in [0.15, 0.2) is 6.07 Å². The summed E-state index contributed by atoms with van der Waals surface area (Å²) in [4.78, 5) is 14.7. The number of hydrogen-bond donors (Lipinski definition) is 2. The minimum Gasteiger partial charge on any atom is -0.397 e. The van der Waals surface area contributed by atoms with E-state index in [0.717, 1.165) is 37.7 Å². The minimum absolute atomic E-state index is 0.0705. The SMILES string of the molecule is CCCNC(=O)c1sc(N2CCOCC2)cc1N. The summed E-state index contributed by atoms with van der Waals surface area (Å²) >= 11 is 1.46. The third kappa shape index (κ3) is 2.94. The Balaban J connectivity index is 2.08. The van der Waals surface area contributed by atoms with E-state index in [1.165, 1.54) is 11.3 Å². The Kier molecular flexibility index (Phi) is 4.43. The summed E-state index contributed by atoms with van der Waals surface area (Å²) in [5, 5.41) is 3.91. The fourth-order valence-electron chi connectivity index (χ4n) is 1.83. The van der Waals surface area contributed by atoms with Crippen molar-refractivity contribution >= 4 is 27.9 Å². The molecule has 0 atom stereocenters. The number of ether oxygens (including phenoxy) is 1. The Morgan fingerprint density at radius 2 is 2.28 bits per heavy atom. The molecule has 0 radical (unpaired) electrons. The number of nitrogen functional groups attached to an aromatic ring is 1. The maximum Gasteiger partial charge on any atom is 0.263 e. The van der Waals surface area contributed by atoms with E-state index in [1.807, 2.05) is 13.0 Å². The summed E-state index contributed by atoms with van der Waals surface area (Å²) in [6.07, 6.45) is 0.924. The lowest BCUT2D eigenvalue weighted by Gasteiger charge is -2.27. The summed E-state index contributed by atoms with van der Waals surface area (Å²) in [7, 11) is 0. The van der Waals surface area contributed by atoms with E-state index >= 15 is 0 Å². The van der Waals surface area contributed by atoms with Crippen LogP contribution >= 0.6 is 11.3 Å². The van der Waals surface area contributed by atoms with Crippen LogP contribution < -0.4 is 16.0 Å². The Bertz CT molecular complexity index is 413. The number of thiophene rings is 1. The molecule has 0 saturated carbocycles. The highest BCUT2D eigenvalue weighted by atomic mass is 32.1. The first-order chi connectivity index (χ1) is 8.72. The van der Waals surface area contributed by atoms with Crippen LogP contribution in [0.25, 0.3) is 0 Å². The normalized spacial score (nSPS) is 15.7. The average Bonchev–Trinajstić information content (AvgIpc) is 2.79. The van der Waals surface area contributed by atoms with E-state index in [-0.39, 0.29) is 5.91 Å². The van der Waals surface area contributed by atoms with Crippen molar-refractivity contribution in [3.05, 3.63) is 10.9 Å². The predicted molar refractivity (Wildman–Crippen MR) is 74.4 cm³/mol. The van der Waals surface area contributed by atoms with E-state index < -0.39 is 0 Å². The van der Waals surface area contributed by atoms with Gasteiger partial charge in [0.1, 0.15) is 4.88 Å². The lowest BCUT2D eigenvalue weighted by atomic mass is 10.3. The van der Waals surface area contributed by atoms with Crippen molar-refractivity contribution in [2.75, 3.05) is 43.5 Å². The van der Waals surface area contributed by atoms with Gasteiger partial charge in [0.05, 0.1) is 23.9 Å². The number of nitrogens with two attached hydrogens (primary N) is 1. The van der Waals surface area contributed by atoms with Crippen molar-refractivity contribution in [3.63, 3.8) is 0 Å². The molecule has 1 fully saturated rings. The van der Waals surface area contributed by atoms with Crippen LogP contribution in [0.4, 0.5) is 10.7 Å². The third-order valence-corrected chi connectivity index (χ3v) is 4.02. The second-order valence-corrected chi connectivity index (χ2v) is 5.26. The number of anilines is 2. The zero-order valence-electron chi connectivity index (χ0n) is 10.6. The van der Waals surface area contributed by atoms with Gasteiger partial charge in [0.2, 0.25) is 0 Å². The van der Waals surface area contributed by atoms with Gasteiger partial charge in [-0.3, -0.25) is 4.79 Å². The summed E-state index contributed by atoms with van der Waals surface area (Å²) in [5.74, 6) is -0.0705. The molecule has 1 amide bonds. The van der Waals surface area contributed by atoms with E-state index in [2.05, 4.69) is 10.2 Å². The van der Waals surface area contributed by atoms with Crippen LogP contribution in [0.2, 0.25) is 0 Å². The second-order valence-electron chi connectivity index (χ2n) is 4.22. The lowest BCUT2D eigenvalue weighted by molar-refractivity contribution is 0.0958. The molecule has 6 heteroatoms. The number of carbonyl (C=O) groups excluding carboxylic acids is 1. The second kappa shape index (κ2) is 6.06. The first kappa shape index (κ1) is 13.2. The van der Waals surface area contributed by atoms with Gasteiger partial charge in [0.15, 0.2) is 0 Å². The molecule has 1 aromatic rings. The van der Waals surface area contributed by atoms with Crippen LogP contribution in [-0.2, 0) is 4.74 Å². The fourth-order valence-corrected chi connectivity index (χ4v) is 2.88. The summed E-state index contributed by atoms with van der Waals surface area (Å²) < 4.78 is 5.31. The molecule has 0 aliphatic carbocycles. The Labute approximate surface area is 111 Å². The zero-order chi connectivity index (χ0) is 13.0. The number of rotatable bonds is 4. The zero-order valence-corrected chi connectivity index (χ0v) is 11.4. The maximum absolute atomic E-state index is 11.9. The van der Waals surface area contributed by atoms with Gasteiger partial charge in [-0.15, -0.1) is 11.3 Å². The molecule has 1 saturated heterocycles. The van der Waals surface area contributed by atoms with Crippen molar-refractivity contribution in [3.8, 4) is 0 Å². The first-order valence-corrected chi connectivity index (χ1v) is 7.04. The molecule has 5 nitrogen and oxygen atoms in total. The molecular formula is C12H19N3O2S. The molecule has 1 aromatic heterocycles. The van der Waals surface area contributed by atoms with Gasteiger partial charge in [-0.2, -0.15) is 0 Å². The molecule has 0 aromatic carbocycles. The van der Waals surface area contributed by atoms with Gasteiger partial charge in [-0.25, -0.2) is 0 Å². The summed E-state index contributed by atoms with van der Waals surface area (Å²) in [6.45, 7) is 5.89. The van der Waals surface area contributed by atoms with Crippen LogP contribution in [0.1, 0.15) is 23.0 Å². The molecule has 2 heterocycles. The summed E-state index contributed by atoms with van der Waals surface area (Å²) in [5.41, 5.74) is 6.48. The minimum atomic E-state index is -0.0705. The Hall–Kier alpha value is -1.27. The van der Waals surface area contributed by atoms with Crippen molar-refractivity contribution in [1.29, 1.82) is 0 Å². The van der Waals surface area contributed by atoms with Gasteiger partial charge in [0, 0.05) is 19.6 Å². The molecule has 100 valence electrons. The monoisotopic (exact) mass is 269 g/mol. The highest BCUT2D eigenvalue weighted by molar-refractivity contribution is 7.18. The largest absolute Gasteiger partial charge is 0.397 e. The van der Waals surface area contributed by atoms with Gasteiger partial charge in [-0.1, -0.05) is 6.92 Å². The first-order valence-electron chi connectivity index (χ1n) is 6.22. The van der Waals surface area contributed by atoms with Crippen molar-refractivity contribution in [1.82, 2.24) is 5.32 Å². The average molecular weight is 269 g/mol.